The standard InChI is InChI=1S/C13H17N3O/c1-2-9-7-11-14-13(10-5-3-4-6-10)15-16(11)12(17)8-9/h7-8,10H,2-6H2,1H3,(H,14,15). The van der Waals surface area contributed by atoms with Crippen LogP contribution in [0.2, 0.25) is 0 Å². The van der Waals surface area contributed by atoms with E-state index in [1.807, 2.05) is 6.07 Å². The first-order valence-corrected chi connectivity index (χ1v) is 6.39. The molecule has 2 aromatic heterocycles. The van der Waals surface area contributed by atoms with Crippen LogP contribution in [-0.4, -0.2) is 14.6 Å². The summed E-state index contributed by atoms with van der Waals surface area (Å²) in [5.41, 5.74) is 1.81. The molecule has 0 spiro atoms. The summed E-state index contributed by atoms with van der Waals surface area (Å²) in [6.07, 6.45) is 5.80. The Morgan fingerprint density at radius 3 is 2.88 bits per heavy atom. The molecule has 0 radical (unpaired) electrons. The Morgan fingerprint density at radius 2 is 2.18 bits per heavy atom. The normalized spacial score (nSPS) is 17.0. The lowest BCUT2D eigenvalue weighted by atomic mass is 10.1. The molecule has 4 heteroatoms. The van der Waals surface area contributed by atoms with E-state index in [2.05, 4.69) is 17.0 Å². The number of nitrogens with zero attached hydrogens (tertiary/aromatic N) is 2. The van der Waals surface area contributed by atoms with Crippen molar-refractivity contribution in [3.8, 4) is 0 Å². The summed E-state index contributed by atoms with van der Waals surface area (Å²) < 4.78 is 1.56. The zero-order chi connectivity index (χ0) is 11.8. The quantitative estimate of drug-likeness (QED) is 0.861. The molecule has 90 valence electrons. The van der Waals surface area contributed by atoms with Gasteiger partial charge in [-0.2, -0.15) is 0 Å². The SMILES string of the molecule is CCc1cc(=O)n2[nH]c(C3CCCC3)nc2c1. The van der Waals surface area contributed by atoms with Gasteiger partial charge in [0.05, 0.1) is 0 Å². The smallest absolute Gasteiger partial charge is 0.271 e. The van der Waals surface area contributed by atoms with Crippen LogP contribution in [0.15, 0.2) is 16.9 Å². The van der Waals surface area contributed by atoms with E-state index >= 15 is 0 Å². The Balaban J connectivity index is 2.11. The summed E-state index contributed by atoms with van der Waals surface area (Å²) in [6, 6.07) is 3.68. The molecule has 0 unspecified atom stereocenters. The van der Waals surface area contributed by atoms with Crippen molar-refractivity contribution in [3.05, 3.63) is 33.9 Å². The maximum Gasteiger partial charge on any atom is 0.271 e. The van der Waals surface area contributed by atoms with Crippen molar-refractivity contribution in [2.75, 3.05) is 0 Å². The van der Waals surface area contributed by atoms with Crippen LogP contribution in [0.1, 0.15) is 49.9 Å². The topological polar surface area (TPSA) is 50.2 Å². The van der Waals surface area contributed by atoms with Crippen LogP contribution >= 0.6 is 0 Å². The fourth-order valence-corrected chi connectivity index (χ4v) is 2.65. The zero-order valence-corrected chi connectivity index (χ0v) is 10.1. The van der Waals surface area contributed by atoms with Gasteiger partial charge in [0.2, 0.25) is 0 Å². The molecule has 1 aliphatic carbocycles. The summed E-state index contributed by atoms with van der Waals surface area (Å²) >= 11 is 0. The summed E-state index contributed by atoms with van der Waals surface area (Å²) in [5.74, 6) is 1.49. The Hall–Kier alpha value is -1.58. The number of fused-ring (bicyclic) bond motifs is 1. The Bertz CT molecular complexity index is 590. The molecule has 1 aliphatic rings. The van der Waals surface area contributed by atoms with Gasteiger partial charge in [0.1, 0.15) is 5.82 Å². The number of aromatic amines is 1. The average Bonchev–Trinajstić information content (AvgIpc) is 2.96. The summed E-state index contributed by atoms with van der Waals surface area (Å²) in [6.45, 7) is 2.05. The molecule has 1 saturated carbocycles. The molecule has 1 fully saturated rings. The van der Waals surface area contributed by atoms with Crippen LogP contribution < -0.4 is 5.56 Å². The Labute approximate surface area is 99.7 Å². The van der Waals surface area contributed by atoms with Crippen molar-refractivity contribution in [1.82, 2.24) is 14.6 Å². The lowest BCUT2D eigenvalue weighted by Gasteiger charge is -2.01. The van der Waals surface area contributed by atoms with Gasteiger partial charge in [-0.25, -0.2) is 9.50 Å². The molecule has 2 heterocycles. The predicted octanol–water partition coefficient (Wildman–Crippen LogP) is 2.24. The van der Waals surface area contributed by atoms with Gasteiger partial charge in [-0.05, 0) is 30.9 Å². The molecular formula is C13H17N3O. The number of pyridine rings is 1. The van der Waals surface area contributed by atoms with Crippen molar-refractivity contribution < 1.29 is 0 Å². The summed E-state index contributed by atoms with van der Waals surface area (Å²) in [4.78, 5) is 16.4. The van der Waals surface area contributed by atoms with E-state index in [4.69, 9.17) is 0 Å². The van der Waals surface area contributed by atoms with Crippen molar-refractivity contribution in [2.24, 2.45) is 0 Å². The van der Waals surface area contributed by atoms with Gasteiger partial charge in [0.25, 0.3) is 5.56 Å². The van der Waals surface area contributed by atoms with Gasteiger partial charge in [0.15, 0.2) is 5.65 Å². The molecule has 0 aliphatic heterocycles. The molecule has 0 saturated heterocycles. The lowest BCUT2D eigenvalue weighted by Crippen LogP contribution is -2.13. The minimum Gasteiger partial charge on any atom is -0.276 e. The van der Waals surface area contributed by atoms with Crippen LogP contribution in [0.5, 0.6) is 0 Å². The molecule has 0 atom stereocenters. The third-order valence-electron chi connectivity index (χ3n) is 3.68. The van der Waals surface area contributed by atoms with Gasteiger partial charge in [-0.3, -0.25) is 9.89 Å². The Kier molecular flexibility index (Phi) is 2.50. The number of aromatic nitrogens is 3. The van der Waals surface area contributed by atoms with E-state index in [-0.39, 0.29) is 5.56 Å². The molecule has 0 amide bonds. The number of nitrogens with one attached hydrogen (secondary N) is 1. The highest BCUT2D eigenvalue weighted by molar-refractivity contribution is 5.40. The number of H-pyrrole nitrogens is 1. The number of hydrogen-bond donors (Lipinski definition) is 1. The number of hydrogen-bond acceptors (Lipinski definition) is 2. The van der Waals surface area contributed by atoms with E-state index in [1.54, 1.807) is 10.6 Å². The van der Waals surface area contributed by atoms with E-state index in [1.165, 1.54) is 25.7 Å². The maximum absolute atomic E-state index is 11.9. The van der Waals surface area contributed by atoms with Crippen LogP contribution in [0.3, 0.4) is 0 Å². The second kappa shape index (κ2) is 4.02. The maximum atomic E-state index is 11.9. The third-order valence-corrected chi connectivity index (χ3v) is 3.68. The summed E-state index contributed by atoms with van der Waals surface area (Å²) in [7, 11) is 0. The van der Waals surface area contributed by atoms with E-state index in [0.29, 0.717) is 5.92 Å². The average molecular weight is 231 g/mol. The minimum absolute atomic E-state index is 0.00361. The van der Waals surface area contributed by atoms with Crippen LogP contribution in [0.25, 0.3) is 5.65 Å². The molecule has 2 aromatic rings. The molecule has 1 N–H and O–H groups in total. The van der Waals surface area contributed by atoms with Gasteiger partial charge in [-0.15, -0.1) is 0 Å². The lowest BCUT2D eigenvalue weighted by molar-refractivity contribution is 0.664. The van der Waals surface area contributed by atoms with Crippen molar-refractivity contribution in [2.45, 2.75) is 44.9 Å². The third kappa shape index (κ3) is 1.77. The van der Waals surface area contributed by atoms with E-state index < -0.39 is 0 Å². The highest BCUT2D eigenvalue weighted by atomic mass is 16.1. The molecule has 0 bridgehead atoms. The molecular weight excluding hydrogens is 214 g/mol. The Morgan fingerprint density at radius 1 is 1.41 bits per heavy atom. The first-order chi connectivity index (χ1) is 8.28. The monoisotopic (exact) mass is 231 g/mol. The molecule has 0 aromatic carbocycles. The predicted molar refractivity (Wildman–Crippen MR) is 66.4 cm³/mol. The molecule has 3 rings (SSSR count). The highest BCUT2D eigenvalue weighted by Gasteiger charge is 2.20. The molecule has 4 nitrogen and oxygen atoms in total. The van der Waals surface area contributed by atoms with Crippen LogP contribution in [0, 0.1) is 0 Å². The first-order valence-electron chi connectivity index (χ1n) is 6.39. The number of rotatable bonds is 2. The summed E-state index contributed by atoms with van der Waals surface area (Å²) in [5, 5.41) is 3.15. The fraction of sp³-hybridized carbons (Fsp3) is 0.538. The van der Waals surface area contributed by atoms with Gasteiger partial charge < -0.3 is 0 Å². The van der Waals surface area contributed by atoms with Gasteiger partial charge in [0, 0.05) is 12.0 Å². The fourth-order valence-electron chi connectivity index (χ4n) is 2.65. The van der Waals surface area contributed by atoms with E-state index in [0.717, 1.165) is 23.5 Å². The number of aryl methyl sites for hydroxylation is 1. The van der Waals surface area contributed by atoms with Crippen molar-refractivity contribution >= 4 is 5.65 Å². The first kappa shape index (κ1) is 10.6. The molecule has 17 heavy (non-hydrogen) atoms. The van der Waals surface area contributed by atoms with E-state index in [9.17, 15) is 4.79 Å². The second-order valence-electron chi connectivity index (χ2n) is 4.84. The largest absolute Gasteiger partial charge is 0.276 e. The minimum atomic E-state index is -0.00361. The van der Waals surface area contributed by atoms with Crippen molar-refractivity contribution in [3.63, 3.8) is 0 Å². The van der Waals surface area contributed by atoms with Crippen molar-refractivity contribution in [1.29, 1.82) is 0 Å². The van der Waals surface area contributed by atoms with Crippen LogP contribution in [-0.2, 0) is 6.42 Å². The zero-order valence-electron chi connectivity index (χ0n) is 10.1. The second-order valence-corrected chi connectivity index (χ2v) is 4.84. The van der Waals surface area contributed by atoms with Gasteiger partial charge >= 0.3 is 0 Å². The van der Waals surface area contributed by atoms with Gasteiger partial charge in [-0.1, -0.05) is 19.8 Å². The highest BCUT2D eigenvalue weighted by Crippen LogP contribution is 2.32. The van der Waals surface area contributed by atoms with Crippen LogP contribution in [0.4, 0.5) is 0 Å².